The molecule has 0 aliphatic carbocycles. The average molecular weight is 382 g/mol. The third-order valence-electron chi connectivity index (χ3n) is 4.74. The number of hydrogen-bond donors (Lipinski definition) is 0. The molecule has 0 amide bonds. The van der Waals surface area contributed by atoms with Crippen LogP contribution in [0.25, 0.3) is 28.6 Å². The molecule has 5 rings (SSSR count). The monoisotopic (exact) mass is 382 g/mol. The Morgan fingerprint density at radius 1 is 1.22 bits per heavy atom. The van der Waals surface area contributed by atoms with Gasteiger partial charge in [0.15, 0.2) is 12.2 Å². The lowest BCUT2D eigenvalue weighted by Gasteiger charge is -2.28. The summed E-state index contributed by atoms with van der Waals surface area (Å²) < 4.78 is 12.4. The summed E-state index contributed by atoms with van der Waals surface area (Å²) in [5, 5.41) is 5.65. The van der Waals surface area contributed by atoms with E-state index in [1.54, 1.807) is 10.8 Å². The second kappa shape index (κ2) is 6.82. The molecule has 0 saturated carbocycles. The molecule has 4 aromatic rings. The highest BCUT2D eigenvalue weighted by Crippen LogP contribution is 2.32. The van der Waals surface area contributed by atoms with Crippen molar-refractivity contribution in [1.82, 2.24) is 29.6 Å². The number of thioether (sulfide) groups is 1. The molecule has 0 radical (unpaired) electrons. The van der Waals surface area contributed by atoms with Gasteiger partial charge in [-0.25, -0.2) is 9.97 Å². The molecule has 1 aliphatic heterocycles. The molecule has 1 saturated heterocycles. The summed E-state index contributed by atoms with van der Waals surface area (Å²) in [5.74, 6) is 0.824. The molecule has 9 heteroatoms. The maximum Gasteiger partial charge on any atom is 0.334 e. The van der Waals surface area contributed by atoms with E-state index in [0.717, 1.165) is 24.1 Å². The number of pyridine rings is 1. The number of piperidine rings is 1. The number of rotatable bonds is 4. The van der Waals surface area contributed by atoms with Gasteiger partial charge in [-0.05, 0) is 45.1 Å². The topological polar surface area (TPSA) is 86.0 Å². The quantitative estimate of drug-likeness (QED) is 0.532. The zero-order valence-corrected chi connectivity index (χ0v) is 15.6. The minimum Gasteiger partial charge on any atom is -0.440 e. The molecule has 0 unspecified atom stereocenters. The molecule has 8 nitrogen and oxygen atoms in total. The largest absolute Gasteiger partial charge is 0.440 e. The van der Waals surface area contributed by atoms with Gasteiger partial charge in [0.1, 0.15) is 5.65 Å². The Kier molecular flexibility index (Phi) is 4.17. The minimum absolute atomic E-state index is 0.347. The van der Waals surface area contributed by atoms with Gasteiger partial charge in [-0.2, -0.15) is 4.98 Å². The van der Waals surface area contributed by atoms with E-state index in [4.69, 9.17) is 8.94 Å². The van der Waals surface area contributed by atoms with Gasteiger partial charge < -0.3 is 13.8 Å². The van der Waals surface area contributed by atoms with E-state index in [0.29, 0.717) is 22.8 Å². The SMILES string of the molecule is CN1CCC(Sc2cnc3c(ccn3-c3nc(-c4cnco4)no3)c2)CC1. The predicted octanol–water partition coefficient (Wildman–Crippen LogP) is 3.25. The van der Waals surface area contributed by atoms with E-state index in [-0.39, 0.29) is 0 Å². The Morgan fingerprint density at radius 2 is 2.11 bits per heavy atom. The third-order valence-corrected chi connectivity index (χ3v) is 6.04. The standard InChI is InChI=1S/C18H18N6O2S/c1-23-5-3-13(4-6-23)27-14-8-12-2-7-24(17(12)20-9-14)18-21-16(22-26-18)15-10-19-11-25-15/h2,7-11,13H,3-6H2,1H3. The van der Waals surface area contributed by atoms with Gasteiger partial charge in [-0.1, -0.05) is 5.16 Å². The molecule has 1 aliphatic rings. The van der Waals surface area contributed by atoms with Crippen LogP contribution in [0.1, 0.15) is 12.8 Å². The molecular weight excluding hydrogens is 364 g/mol. The fourth-order valence-corrected chi connectivity index (χ4v) is 4.40. The Labute approximate surface area is 159 Å². The molecule has 0 bridgehead atoms. The van der Waals surface area contributed by atoms with Crippen LogP contribution in [-0.4, -0.2) is 55.0 Å². The van der Waals surface area contributed by atoms with Crippen LogP contribution in [0.3, 0.4) is 0 Å². The summed E-state index contributed by atoms with van der Waals surface area (Å²) >= 11 is 1.92. The summed E-state index contributed by atoms with van der Waals surface area (Å²) in [7, 11) is 2.18. The molecule has 27 heavy (non-hydrogen) atoms. The van der Waals surface area contributed by atoms with Crippen molar-refractivity contribution in [3.63, 3.8) is 0 Å². The van der Waals surface area contributed by atoms with Gasteiger partial charge in [-0.3, -0.25) is 4.57 Å². The minimum atomic E-state index is 0.347. The van der Waals surface area contributed by atoms with Crippen molar-refractivity contribution >= 4 is 22.8 Å². The number of hydrogen-bond acceptors (Lipinski definition) is 8. The number of likely N-dealkylation sites (tertiary alicyclic amines) is 1. The third kappa shape index (κ3) is 3.24. The van der Waals surface area contributed by atoms with Crippen LogP contribution in [-0.2, 0) is 0 Å². The lowest BCUT2D eigenvalue weighted by atomic mass is 10.1. The van der Waals surface area contributed by atoms with Crippen LogP contribution in [0.2, 0.25) is 0 Å². The number of aromatic nitrogens is 5. The second-order valence-corrected chi connectivity index (χ2v) is 8.03. The highest BCUT2D eigenvalue weighted by molar-refractivity contribution is 8.00. The van der Waals surface area contributed by atoms with E-state index >= 15 is 0 Å². The van der Waals surface area contributed by atoms with Crippen molar-refractivity contribution in [3.8, 4) is 17.6 Å². The number of nitrogens with zero attached hydrogens (tertiary/aromatic N) is 6. The van der Waals surface area contributed by atoms with E-state index in [1.807, 2.05) is 30.2 Å². The Hall–Kier alpha value is -2.65. The van der Waals surface area contributed by atoms with Crippen molar-refractivity contribution < 1.29 is 8.94 Å². The summed E-state index contributed by atoms with van der Waals surface area (Å²) in [6, 6.07) is 4.54. The molecule has 1 fully saturated rings. The molecule has 0 spiro atoms. The van der Waals surface area contributed by atoms with Crippen LogP contribution in [0.4, 0.5) is 0 Å². The lowest BCUT2D eigenvalue weighted by Crippen LogP contribution is -2.31. The number of fused-ring (bicyclic) bond motifs is 1. The van der Waals surface area contributed by atoms with Crippen molar-refractivity contribution in [2.24, 2.45) is 0 Å². The summed E-state index contributed by atoms with van der Waals surface area (Å²) in [6.45, 7) is 2.32. The first-order chi connectivity index (χ1) is 13.3. The summed E-state index contributed by atoms with van der Waals surface area (Å²) in [6.07, 6.45) is 9.13. The first-order valence-electron chi connectivity index (χ1n) is 8.81. The zero-order chi connectivity index (χ0) is 18.2. The van der Waals surface area contributed by atoms with Gasteiger partial charge >= 0.3 is 6.01 Å². The van der Waals surface area contributed by atoms with E-state index in [2.05, 4.69) is 38.1 Å². The highest BCUT2D eigenvalue weighted by atomic mass is 32.2. The maximum absolute atomic E-state index is 5.37. The normalized spacial score (nSPS) is 16.3. The molecule has 4 aromatic heterocycles. The van der Waals surface area contributed by atoms with Gasteiger partial charge in [-0.15, -0.1) is 11.8 Å². The second-order valence-electron chi connectivity index (χ2n) is 6.66. The maximum atomic E-state index is 5.37. The van der Waals surface area contributed by atoms with Crippen LogP contribution in [0.5, 0.6) is 0 Å². The molecule has 0 atom stereocenters. The smallest absolute Gasteiger partial charge is 0.334 e. The average Bonchev–Trinajstić information content (AvgIpc) is 3.43. The predicted molar refractivity (Wildman–Crippen MR) is 101 cm³/mol. The molecule has 5 heterocycles. The fraction of sp³-hybridized carbons (Fsp3) is 0.333. The van der Waals surface area contributed by atoms with E-state index < -0.39 is 0 Å². The van der Waals surface area contributed by atoms with Gasteiger partial charge in [0.2, 0.25) is 5.82 Å². The van der Waals surface area contributed by atoms with Crippen molar-refractivity contribution in [1.29, 1.82) is 0 Å². The van der Waals surface area contributed by atoms with Crippen LogP contribution in [0, 0.1) is 0 Å². The van der Waals surface area contributed by atoms with E-state index in [9.17, 15) is 0 Å². The molecule has 138 valence electrons. The molecular formula is C18H18N6O2S. The lowest BCUT2D eigenvalue weighted by molar-refractivity contribution is 0.282. The summed E-state index contributed by atoms with van der Waals surface area (Å²) in [5.41, 5.74) is 0.787. The zero-order valence-electron chi connectivity index (χ0n) is 14.8. The highest BCUT2D eigenvalue weighted by Gasteiger charge is 2.19. The Bertz CT molecular complexity index is 1050. The first kappa shape index (κ1) is 16.5. The van der Waals surface area contributed by atoms with Crippen molar-refractivity contribution in [2.45, 2.75) is 23.0 Å². The fourth-order valence-electron chi connectivity index (χ4n) is 3.26. The summed E-state index contributed by atoms with van der Waals surface area (Å²) in [4.78, 5) is 16.5. The molecule has 0 N–H and O–H groups in total. The van der Waals surface area contributed by atoms with E-state index in [1.165, 1.54) is 24.1 Å². The van der Waals surface area contributed by atoms with Crippen molar-refractivity contribution in [3.05, 3.63) is 37.1 Å². The number of oxazole rings is 1. The molecule has 0 aromatic carbocycles. The van der Waals surface area contributed by atoms with Crippen LogP contribution >= 0.6 is 11.8 Å². The van der Waals surface area contributed by atoms with Crippen LogP contribution in [0.15, 0.2) is 51.0 Å². The first-order valence-corrected chi connectivity index (χ1v) is 9.69. The Morgan fingerprint density at radius 3 is 2.93 bits per heavy atom. The van der Waals surface area contributed by atoms with Gasteiger partial charge in [0.05, 0.1) is 6.20 Å². The van der Waals surface area contributed by atoms with Crippen LogP contribution < -0.4 is 0 Å². The Balaban J connectivity index is 1.39. The van der Waals surface area contributed by atoms with Gasteiger partial charge in [0.25, 0.3) is 0 Å². The van der Waals surface area contributed by atoms with Crippen molar-refractivity contribution in [2.75, 3.05) is 20.1 Å². The van der Waals surface area contributed by atoms with Gasteiger partial charge in [0, 0.05) is 27.9 Å².